The number of pyridine rings is 1. The molecule has 1 aliphatic rings. The maximum atomic E-state index is 13.1. The Morgan fingerprint density at radius 2 is 1.85 bits per heavy atom. The number of nitrogens with one attached hydrogen (secondary N) is 1. The van der Waals surface area contributed by atoms with Gasteiger partial charge in [0, 0.05) is 28.2 Å². The molecule has 0 spiro atoms. The third kappa shape index (κ3) is 3.77. The first-order valence-corrected chi connectivity index (χ1v) is 9.50. The lowest BCUT2D eigenvalue weighted by molar-refractivity contribution is -0.137. The van der Waals surface area contributed by atoms with Gasteiger partial charge in [-0.3, -0.25) is 0 Å². The smallest absolute Gasteiger partial charge is 0.368 e. The van der Waals surface area contributed by atoms with Crippen molar-refractivity contribution in [3.8, 4) is 11.1 Å². The van der Waals surface area contributed by atoms with E-state index in [1.165, 1.54) is 12.1 Å². The average Bonchev–Trinajstić information content (AvgIpc) is 3.06. The predicted molar refractivity (Wildman–Crippen MR) is 103 cm³/mol. The lowest BCUT2D eigenvalue weighted by atomic mass is 9.98. The first kappa shape index (κ1) is 18.2. The maximum absolute atomic E-state index is 13.1. The monoisotopic (exact) mass is 406 g/mol. The molecule has 0 aliphatic carbocycles. The van der Waals surface area contributed by atoms with Crippen molar-refractivity contribution < 1.29 is 13.2 Å². The third-order valence-corrected chi connectivity index (χ3v) is 5.84. The molecular weight excluding hydrogens is 393 g/mol. The number of anilines is 1. The molecule has 1 atom stereocenters. The van der Waals surface area contributed by atoms with Crippen LogP contribution in [0.5, 0.6) is 0 Å². The van der Waals surface area contributed by atoms with Crippen LogP contribution in [-0.2, 0) is 6.18 Å². The number of alkyl halides is 3. The number of nitrogens with zero attached hydrogens (tertiary/aromatic N) is 1. The fourth-order valence-corrected chi connectivity index (χ4v) is 4.40. The van der Waals surface area contributed by atoms with Crippen LogP contribution in [0.25, 0.3) is 11.1 Å². The molecule has 0 saturated carbocycles. The zero-order valence-electron chi connectivity index (χ0n) is 13.9. The van der Waals surface area contributed by atoms with Gasteiger partial charge in [0.25, 0.3) is 0 Å². The van der Waals surface area contributed by atoms with E-state index >= 15 is 0 Å². The van der Waals surface area contributed by atoms with Gasteiger partial charge in [-0.2, -0.15) is 13.2 Å². The van der Waals surface area contributed by atoms with Crippen LogP contribution >= 0.6 is 23.4 Å². The van der Waals surface area contributed by atoms with E-state index in [4.69, 9.17) is 11.6 Å². The molecule has 0 bridgehead atoms. The quantitative estimate of drug-likeness (QED) is 0.525. The number of aromatic nitrogens is 1. The summed E-state index contributed by atoms with van der Waals surface area (Å²) in [5.74, 6) is 0.719. The van der Waals surface area contributed by atoms with Gasteiger partial charge in [0.2, 0.25) is 0 Å². The zero-order valence-corrected chi connectivity index (χ0v) is 15.5. The van der Waals surface area contributed by atoms with Crippen LogP contribution in [0.3, 0.4) is 0 Å². The molecule has 1 unspecified atom stereocenters. The van der Waals surface area contributed by atoms with Gasteiger partial charge in [0.05, 0.1) is 10.8 Å². The molecule has 4 rings (SSSR count). The van der Waals surface area contributed by atoms with Crippen LogP contribution < -0.4 is 5.32 Å². The highest BCUT2D eigenvalue weighted by Crippen LogP contribution is 2.46. The summed E-state index contributed by atoms with van der Waals surface area (Å²) in [7, 11) is 0. The minimum Gasteiger partial charge on any atom is -0.368 e. The second-order valence-electron chi connectivity index (χ2n) is 6.14. The Hall–Kier alpha value is -2.18. The lowest BCUT2D eigenvalue weighted by Crippen LogP contribution is -2.04. The molecule has 2 nitrogen and oxygen atoms in total. The molecule has 1 aliphatic heterocycles. The van der Waals surface area contributed by atoms with E-state index in [2.05, 4.69) is 10.3 Å². The molecule has 2 aromatic carbocycles. The normalized spacial score (nSPS) is 16.1. The third-order valence-electron chi connectivity index (χ3n) is 4.36. The van der Waals surface area contributed by atoms with Crippen molar-refractivity contribution in [1.82, 2.24) is 4.98 Å². The molecule has 138 valence electrons. The van der Waals surface area contributed by atoms with Crippen LogP contribution in [0.1, 0.15) is 16.4 Å². The van der Waals surface area contributed by atoms with Gasteiger partial charge >= 0.3 is 6.18 Å². The Kier molecular flexibility index (Phi) is 4.78. The maximum Gasteiger partial charge on any atom is 0.416 e. The summed E-state index contributed by atoms with van der Waals surface area (Å²) in [6.07, 6.45) is -2.75. The molecule has 0 saturated heterocycles. The summed E-state index contributed by atoms with van der Waals surface area (Å²) in [6, 6.07) is 14.7. The molecule has 1 N–H and O–H groups in total. The molecule has 2 heterocycles. The standard InChI is InChI=1S/C20H14ClF3N2S/c21-14-4-6-15(7-5-14)27-17-11-26-19-18(17)16(8-9-25-19)12-2-1-3-13(10-12)20(22,23)24/h1-10,17H,11H2,(H,25,26). The Balaban J connectivity index is 1.73. The van der Waals surface area contributed by atoms with E-state index in [1.54, 1.807) is 30.1 Å². The van der Waals surface area contributed by atoms with Gasteiger partial charge in [0.1, 0.15) is 5.82 Å². The van der Waals surface area contributed by atoms with Crippen molar-refractivity contribution in [1.29, 1.82) is 0 Å². The van der Waals surface area contributed by atoms with Crippen LogP contribution in [0, 0.1) is 0 Å². The van der Waals surface area contributed by atoms with Gasteiger partial charge in [-0.1, -0.05) is 23.7 Å². The number of benzene rings is 2. The second kappa shape index (κ2) is 7.09. The molecule has 0 fully saturated rings. The summed E-state index contributed by atoms with van der Waals surface area (Å²) in [4.78, 5) is 5.39. The van der Waals surface area contributed by atoms with Crippen molar-refractivity contribution in [2.75, 3.05) is 11.9 Å². The molecule has 1 aromatic heterocycles. The van der Waals surface area contributed by atoms with E-state index in [-0.39, 0.29) is 5.25 Å². The fourth-order valence-electron chi connectivity index (χ4n) is 3.12. The summed E-state index contributed by atoms with van der Waals surface area (Å²) in [5.41, 5.74) is 1.58. The number of rotatable bonds is 3. The molecule has 3 aromatic rings. The van der Waals surface area contributed by atoms with Gasteiger partial charge in [-0.15, -0.1) is 11.8 Å². The summed E-state index contributed by atoms with van der Waals surface area (Å²) < 4.78 is 39.3. The highest BCUT2D eigenvalue weighted by molar-refractivity contribution is 7.99. The molecule has 0 amide bonds. The van der Waals surface area contributed by atoms with Crippen molar-refractivity contribution >= 4 is 29.2 Å². The number of thioether (sulfide) groups is 1. The van der Waals surface area contributed by atoms with Crippen LogP contribution in [0.4, 0.5) is 19.0 Å². The number of halogens is 4. The van der Waals surface area contributed by atoms with Crippen molar-refractivity contribution in [3.63, 3.8) is 0 Å². The van der Waals surface area contributed by atoms with Gasteiger partial charge in [0.15, 0.2) is 0 Å². The van der Waals surface area contributed by atoms with Gasteiger partial charge < -0.3 is 5.32 Å². The second-order valence-corrected chi connectivity index (χ2v) is 7.85. The first-order chi connectivity index (χ1) is 12.9. The molecule has 27 heavy (non-hydrogen) atoms. The number of hydrogen-bond donors (Lipinski definition) is 1. The fraction of sp³-hybridized carbons (Fsp3) is 0.150. The van der Waals surface area contributed by atoms with Crippen LogP contribution in [0.15, 0.2) is 65.7 Å². The summed E-state index contributed by atoms with van der Waals surface area (Å²) in [6.45, 7) is 0.658. The predicted octanol–water partition coefficient (Wildman–Crippen LogP) is 6.68. The minimum atomic E-state index is -4.37. The van der Waals surface area contributed by atoms with Crippen molar-refractivity contribution in [2.45, 2.75) is 16.3 Å². The summed E-state index contributed by atoms with van der Waals surface area (Å²) >= 11 is 7.58. The summed E-state index contributed by atoms with van der Waals surface area (Å²) in [5, 5.41) is 3.96. The van der Waals surface area contributed by atoms with E-state index in [1.807, 2.05) is 24.3 Å². The zero-order chi connectivity index (χ0) is 19.0. The van der Waals surface area contributed by atoms with E-state index in [9.17, 15) is 13.2 Å². The Bertz CT molecular complexity index is 974. The number of fused-ring (bicyclic) bond motifs is 1. The van der Waals surface area contributed by atoms with Gasteiger partial charge in [-0.25, -0.2) is 4.98 Å². The minimum absolute atomic E-state index is 0.0411. The van der Waals surface area contributed by atoms with Crippen LogP contribution in [-0.4, -0.2) is 11.5 Å². The van der Waals surface area contributed by atoms with Crippen molar-refractivity contribution in [3.05, 3.63) is 76.9 Å². The largest absolute Gasteiger partial charge is 0.416 e. The molecule has 7 heteroatoms. The van der Waals surface area contributed by atoms with E-state index in [0.29, 0.717) is 17.1 Å². The number of hydrogen-bond acceptors (Lipinski definition) is 3. The molecule has 0 radical (unpaired) electrons. The SMILES string of the molecule is FC(F)(F)c1cccc(-c2ccnc3c2C(Sc2ccc(Cl)cc2)CN3)c1. The van der Waals surface area contributed by atoms with Gasteiger partial charge in [-0.05, 0) is 53.6 Å². The van der Waals surface area contributed by atoms with Crippen molar-refractivity contribution in [2.24, 2.45) is 0 Å². The Labute approximate surface area is 163 Å². The highest BCUT2D eigenvalue weighted by atomic mass is 35.5. The molecular formula is C20H14ClF3N2S. The highest BCUT2D eigenvalue weighted by Gasteiger charge is 2.32. The topological polar surface area (TPSA) is 24.9 Å². The Morgan fingerprint density at radius 1 is 1.07 bits per heavy atom. The van der Waals surface area contributed by atoms with Crippen LogP contribution in [0.2, 0.25) is 5.02 Å². The Morgan fingerprint density at radius 3 is 2.59 bits per heavy atom. The lowest BCUT2D eigenvalue weighted by Gasteiger charge is -2.15. The van der Waals surface area contributed by atoms with E-state index < -0.39 is 11.7 Å². The van der Waals surface area contributed by atoms with E-state index in [0.717, 1.165) is 27.9 Å². The average molecular weight is 407 g/mol. The first-order valence-electron chi connectivity index (χ1n) is 8.24.